The van der Waals surface area contributed by atoms with Gasteiger partial charge in [-0.2, -0.15) is 4.39 Å². The first kappa shape index (κ1) is 14.0. The number of nitro groups is 1. The lowest BCUT2D eigenvalue weighted by Gasteiger charge is -2.06. The molecule has 106 valence electrons. The van der Waals surface area contributed by atoms with Crippen LogP contribution in [0.1, 0.15) is 18.4 Å². The summed E-state index contributed by atoms with van der Waals surface area (Å²) in [6.45, 7) is 2.08. The Morgan fingerprint density at radius 1 is 1.25 bits per heavy atom. The maximum Gasteiger partial charge on any atom is 0.307 e. The van der Waals surface area contributed by atoms with Gasteiger partial charge in [-0.1, -0.05) is 6.92 Å². The number of nitrogens with one attached hydrogen (secondary N) is 1. The third-order valence-electron chi connectivity index (χ3n) is 2.75. The van der Waals surface area contributed by atoms with E-state index < -0.39 is 22.2 Å². The van der Waals surface area contributed by atoms with Crippen LogP contribution < -0.4 is 5.32 Å². The Kier molecular flexibility index (Phi) is 3.97. The zero-order valence-electron chi connectivity index (χ0n) is 10.7. The van der Waals surface area contributed by atoms with Crippen molar-refractivity contribution in [1.82, 2.24) is 0 Å². The number of aryl methyl sites for hydroxylation is 1. The van der Waals surface area contributed by atoms with Crippen molar-refractivity contribution in [3.8, 4) is 0 Å². The molecule has 0 aliphatic heterocycles. The lowest BCUT2D eigenvalue weighted by atomic mass is 10.2. The van der Waals surface area contributed by atoms with Crippen molar-refractivity contribution < 1.29 is 18.1 Å². The fourth-order valence-electron chi connectivity index (χ4n) is 1.70. The van der Waals surface area contributed by atoms with Gasteiger partial charge in [-0.25, -0.2) is 4.39 Å². The van der Waals surface area contributed by atoms with Gasteiger partial charge in [-0.15, -0.1) is 0 Å². The molecule has 1 aromatic heterocycles. The van der Waals surface area contributed by atoms with E-state index in [0.717, 1.165) is 18.2 Å². The van der Waals surface area contributed by atoms with Crippen molar-refractivity contribution in [3.63, 3.8) is 0 Å². The van der Waals surface area contributed by atoms with Crippen LogP contribution >= 0.6 is 0 Å². The maximum atomic E-state index is 13.5. The predicted octanol–water partition coefficient (Wildman–Crippen LogP) is 3.64. The number of anilines is 1. The molecule has 0 unspecified atom stereocenters. The number of hydrogen-bond acceptors (Lipinski definition) is 4. The molecule has 0 aliphatic carbocycles. The van der Waals surface area contributed by atoms with Crippen molar-refractivity contribution >= 4 is 11.4 Å². The maximum absolute atomic E-state index is 13.5. The Bertz CT molecular complexity index is 641. The second kappa shape index (κ2) is 5.68. The van der Waals surface area contributed by atoms with Crippen LogP contribution in [0.15, 0.2) is 28.7 Å². The largest absolute Gasteiger partial charge is 0.464 e. The quantitative estimate of drug-likeness (QED) is 0.671. The van der Waals surface area contributed by atoms with Gasteiger partial charge in [0.1, 0.15) is 17.3 Å². The van der Waals surface area contributed by atoms with Crippen molar-refractivity contribution in [1.29, 1.82) is 0 Å². The Labute approximate surface area is 113 Å². The zero-order chi connectivity index (χ0) is 14.7. The van der Waals surface area contributed by atoms with Gasteiger partial charge in [0, 0.05) is 18.6 Å². The molecule has 7 heteroatoms. The molecule has 0 aliphatic rings. The summed E-state index contributed by atoms with van der Waals surface area (Å²) in [5.41, 5.74) is -0.921. The average Bonchev–Trinajstić information content (AvgIpc) is 2.85. The van der Waals surface area contributed by atoms with Gasteiger partial charge in [0.05, 0.1) is 17.2 Å². The summed E-state index contributed by atoms with van der Waals surface area (Å²) >= 11 is 0. The minimum absolute atomic E-state index is 0.146. The number of hydrogen-bond donors (Lipinski definition) is 1. The van der Waals surface area contributed by atoms with Crippen molar-refractivity contribution in [2.45, 2.75) is 19.9 Å². The summed E-state index contributed by atoms with van der Waals surface area (Å²) in [4.78, 5) is 9.70. The number of halogens is 2. The van der Waals surface area contributed by atoms with Gasteiger partial charge in [-0.3, -0.25) is 10.1 Å². The smallest absolute Gasteiger partial charge is 0.307 e. The highest BCUT2D eigenvalue weighted by Crippen LogP contribution is 2.25. The van der Waals surface area contributed by atoms with Gasteiger partial charge in [0.2, 0.25) is 5.82 Å². The Balaban J connectivity index is 2.16. The minimum Gasteiger partial charge on any atom is -0.464 e. The van der Waals surface area contributed by atoms with Crippen LogP contribution in [0.3, 0.4) is 0 Å². The van der Waals surface area contributed by atoms with Gasteiger partial charge < -0.3 is 9.73 Å². The first-order valence-corrected chi connectivity index (χ1v) is 5.96. The van der Waals surface area contributed by atoms with E-state index in [1.54, 1.807) is 12.1 Å². The monoisotopic (exact) mass is 282 g/mol. The Morgan fingerprint density at radius 3 is 2.55 bits per heavy atom. The summed E-state index contributed by atoms with van der Waals surface area (Å²) in [6.07, 6.45) is 0.733. The highest BCUT2D eigenvalue weighted by atomic mass is 19.1. The summed E-state index contributed by atoms with van der Waals surface area (Å²) in [7, 11) is 0. The molecule has 5 nitrogen and oxygen atoms in total. The molecule has 2 aromatic rings. The molecule has 0 radical (unpaired) electrons. The normalized spacial score (nSPS) is 10.6. The van der Waals surface area contributed by atoms with E-state index in [0.29, 0.717) is 11.8 Å². The molecule has 0 bridgehead atoms. The first-order chi connectivity index (χ1) is 9.51. The molecule has 0 saturated heterocycles. The van der Waals surface area contributed by atoms with Crippen LogP contribution in [0.4, 0.5) is 20.2 Å². The second-order valence-electron chi connectivity index (χ2n) is 4.12. The van der Waals surface area contributed by atoms with Gasteiger partial charge >= 0.3 is 5.69 Å². The minimum atomic E-state index is -1.20. The summed E-state index contributed by atoms with van der Waals surface area (Å²) in [6, 6.07) is 4.83. The Hall–Kier alpha value is -2.44. The van der Waals surface area contributed by atoms with E-state index in [1.165, 1.54) is 0 Å². The van der Waals surface area contributed by atoms with Crippen LogP contribution in [0.5, 0.6) is 0 Å². The van der Waals surface area contributed by atoms with Gasteiger partial charge in [0.15, 0.2) is 0 Å². The van der Waals surface area contributed by atoms with Gasteiger partial charge in [-0.05, 0) is 12.1 Å². The lowest BCUT2D eigenvalue weighted by molar-refractivity contribution is -0.387. The van der Waals surface area contributed by atoms with E-state index in [-0.39, 0.29) is 12.2 Å². The fraction of sp³-hybridized carbons (Fsp3) is 0.231. The number of rotatable bonds is 5. The molecule has 20 heavy (non-hydrogen) atoms. The van der Waals surface area contributed by atoms with Crippen LogP contribution in [0, 0.1) is 21.7 Å². The summed E-state index contributed by atoms with van der Waals surface area (Å²) in [5, 5.41) is 13.2. The number of nitrogens with zero attached hydrogens (tertiary/aromatic N) is 1. The van der Waals surface area contributed by atoms with E-state index in [1.807, 2.05) is 6.92 Å². The SMILES string of the molecule is CCc1ccc(CNc2cc([N+](=O)[O-])c(F)cc2F)o1. The number of benzene rings is 1. The fourth-order valence-corrected chi connectivity index (χ4v) is 1.70. The molecular weight excluding hydrogens is 270 g/mol. The van der Waals surface area contributed by atoms with E-state index >= 15 is 0 Å². The molecule has 0 amide bonds. The Morgan fingerprint density at radius 2 is 1.95 bits per heavy atom. The first-order valence-electron chi connectivity index (χ1n) is 5.96. The van der Waals surface area contributed by atoms with Crippen molar-refractivity contribution in [2.75, 3.05) is 5.32 Å². The number of furan rings is 1. The third-order valence-corrected chi connectivity index (χ3v) is 2.75. The second-order valence-corrected chi connectivity index (χ2v) is 4.12. The van der Waals surface area contributed by atoms with E-state index in [2.05, 4.69) is 5.32 Å². The van der Waals surface area contributed by atoms with Crippen LogP contribution in [0.2, 0.25) is 0 Å². The van der Waals surface area contributed by atoms with E-state index in [4.69, 9.17) is 4.42 Å². The molecule has 2 rings (SSSR count). The summed E-state index contributed by atoms with van der Waals surface area (Å²) < 4.78 is 32.1. The van der Waals surface area contributed by atoms with Crippen molar-refractivity contribution in [2.24, 2.45) is 0 Å². The summed E-state index contributed by atoms with van der Waals surface area (Å²) in [5.74, 6) is -0.750. The molecular formula is C13H12F2N2O3. The molecule has 0 spiro atoms. The highest BCUT2D eigenvalue weighted by Gasteiger charge is 2.18. The molecule has 1 aromatic carbocycles. The third kappa shape index (κ3) is 2.93. The average molecular weight is 282 g/mol. The van der Waals surface area contributed by atoms with E-state index in [9.17, 15) is 18.9 Å². The topological polar surface area (TPSA) is 68.3 Å². The molecule has 1 N–H and O–H groups in total. The lowest BCUT2D eigenvalue weighted by Crippen LogP contribution is -2.03. The van der Waals surface area contributed by atoms with Crippen LogP contribution in [-0.4, -0.2) is 4.92 Å². The molecule has 1 heterocycles. The van der Waals surface area contributed by atoms with Gasteiger partial charge in [0.25, 0.3) is 0 Å². The standard InChI is InChI=1S/C13H12F2N2O3/c1-2-8-3-4-9(20-8)7-16-12-6-13(17(18)19)11(15)5-10(12)14/h3-6,16H,2,7H2,1H3. The van der Waals surface area contributed by atoms with Crippen LogP contribution in [0.25, 0.3) is 0 Å². The molecule has 0 fully saturated rings. The molecule has 0 saturated carbocycles. The zero-order valence-corrected chi connectivity index (χ0v) is 10.7. The molecule has 0 atom stereocenters. The number of nitro benzene ring substituents is 1. The van der Waals surface area contributed by atoms with Crippen molar-refractivity contribution in [3.05, 3.63) is 57.5 Å². The predicted molar refractivity (Wildman–Crippen MR) is 68.4 cm³/mol. The van der Waals surface area contributed by atoms with Crippen LogP contribution in [-0.2, 0) is 13.0 Å². The highest BCUT2D eigenvalue weighted by molar-refractivity contribution is 5.53.